The normalized spacial score (nSPS) is 13.0. The maximum Gasteiger partial charge on any atom is 0.306 e. The van der Waals surface area contributed by atoms with Crippen molar-refractivity contribution in [2.45, 2.75) is 213 Å². The third-order valence-electron chi connectivity index (χ3n) is 10.2. The lowest BCUT2D eigenvalue weighted by molar-refractivity contribution is -0.166. The van der Waals surface area contributed by atoms with Gasteiger partial charge in [-0.3, -0.25) is 14.4 Å². The highest BCUT2D eigenvalue weighted by molar-refractivity contribution is 5.71. The van der Waals surface area contributed by atoms with Crippen molar-refractivity contribution in [3.8, 4) is 0 Å². The smallest absolute Gasteiger partial charge is 0.306 e. The number of ether oxygens (including phenoxy) is 3. The second kappa shape index (κ2) is 49.7. The second-order valence-electron chi connectivity index (χ2n) is 16.1. The highest BCUT2D eigenvalue weighted by atomic mass is 16.6. The highest BCUT2D eigenvalue weighted by Crippen LogP contribution is 2.12. The molecule has 0 amide bonds. The van der Waals surface area contributed by atoms with Crippen molar-refractivity contribution < 1.29 is 28.6 Å². The van der Waals surface area contributed by atoms with Crippen molar-refractivity contribution in [3.05, 3.63) is 109 Å². The number of rotatable bonds is 43. The van der Waals surface area contributed by atoms with E-state index in [-0.39, 0.29) is 44.0 Å². The monoisotopic (exact) mass is 859 g/mol. The van der Waals surface area contributed by atoms with E-state index in [0.717, 1.165) is 83.5 Å². The van der Waals surface area contributed by atoms with Gasteiger partial charge in [0.1, 0.15) is 13.2 Å². The molecule has 0 aromatic carbocycles. The molecule has 0 saturated carbocycles. The Kier molecular flexibility index (Phi) is 46.6. The van der Waals surface area contributed by atoms with Crippen molar-refractivity contribution in [3.63, 3.8) is 0 Å². The summed E-state index contributed by atoms with van der Waals surface area (Å²) < 4.78 is 16.6. The molecule has 0 aliphatic heterocycles. The summed E-state index contributed by atoms with van der Waals surface area (Å²) in [7, 11) is 0. The molecule has 0 heterocycles. The summed E-state index contributed by atoms with van der Waals surface area (Å²) in [5.74, 6) is -1.06. The average Bonchev–Trinajstić information content (AvgIpc) is 3.27. The summed E-state index contributed by atoms with van der Waals surface area (Å²) in [6, 6.07) is 0. The fraction of sp³-hybridized carbons (Fsp3) is 0.625. The molecule has 6 heteroatoms. The summed E-state index contributed by atoms with van der Waals surface area (Å²) in [5, 5.41) is 0. The summed E-state index contributed by atoms with van der Waals surface area (Å²) >= 11 is 0. The van der Waals surface area contributed by atoms with Crippen LogP contribution in [0.15, 0.2) is 109 Å². The summed E-state index contributed by atoms with van der Waals surface area (Å²) in [6.07, 6.45) is 66.5. The second-order valence-corrected chi connectivity index (χ2v) is 16.1. The van der Waals surface area contributed by atoms with E-state index in [1.54, 1.807) is 0 Å². The van der Waals surface area contributed by atoms with Crippen LogP contribution in [0.2, 0.25) is 0 Å². The zero-order valence-corrected chi connectivity index (χ0v) is 39.8. The zero-order chi connectivity index (χ0) is 45.1. The van der Waals surface area contributed by atoms with Crippen LogP contribution in [0.25, 0.3) is 0 Å². The van der Waals surface area contributed by atoms with Gasteiger partial charge in [-0.1, -0.05) is 214 Å². The lowest BCUT2D eigenvalue weighted by Crippen LogP contribution is -2.30. The van der Waals surface area contributed by atoms with E-state index >= 15 is 0 Å². The Hall–Kier alpha value is -3.93. The number of carbonyl (C=O) groups is 3. The first-order chi connectivity index (χ1) is 30.5. The van der Waals surface area contributed by atoms with E-state index in [4.69, 9.17) is 14.2 Å². The molecular weight excluding hydrogens is 769 g/mol. The SMILES string of the molecule is CC\C=C/C=C\C=C/C=C\CCCCCC(=O)OC(COC(=O)CC/C=C\C/C=C\CCCCCCCC)COC(=O)CCCCCCC\C=C/C=C\C=C/CCCCCCC. The third kappa shape index (κ3) is 47.1. The van der Waals surface area contributed by atoms with Gasteiger partial charge in [0.25, 0.3) is 0 Å². The molecule has 0 aliphatic carbocycles. The predicted molar refractivity (Wildman–Crippen MR) is 265 cm³/mol. The zero-order valence-electron chi connectivity index (χ0n) is 39.8. The van der Waals surface area contributed by atoms with Gasteiger partial charge in [-0.2, -0.15) is 0 Å². The summed E-state index contributed by atoms with van der Waals surface area (Å²) in [5.41, 5.74) is 0. The number of carbonyl (C=O) groups excluding carboxylic acids is 3. The topological polar surface area (TPSA) is 78.9 Å². The maximum atomic E-state index is 12.7. The predicted octanol–water partition coefficient (Wildman–Crippen LogP) is 16.4. The van der Waals surface area contributed by atoms with Gasteiger partial charge in [-0.05, 0) is 83.5 Å². The Balaban J connectivity index is 4.55. The minimum Gasteiger partial charge on any atom is -0.462 e. The molecule has 0 bridgehead atoms. The summed E-state index contributed by atoms with van der Waals surface area (Å²) in [6.45, 7) is 6.35. The first-order valence-corrected chi connectivity index (χ1v) is 25.0. The molecule has 0 aliphatic rings. The van der Waals surface area contributed by atoms with E-state index in [1.165, 1.54) is 70.6 Å². The molecule has 0 aromatic rings. The van der Waals surface area contributed by atoms with Gasteiger partial charge in [0.05, 0.1) is 0 Å². The van der Waals surface area contributed by atoms with E-state index < -0.39 is 6.10 Å². The summed E-state index contributed by atoms with van der Waals surface area (Å²) in [4.78, 5) is 37.9. The molecule has 1 unspecified atom stereocenters. The molecular formula is C56H90O6. The van der Waals surface area contributed by atoms with Crippen LogP contribution in [-0.4, -0.2) is 37.2 Å². The Morgan fingerprint density at radius 1 is 0.355 bits per heavy atom. The molecule has 1 atom stereocenters. The largest absolute Gasteiger partial charge is 0.462 e. The van der Waals surface area contributed by atoms with Gasteiger partial charge in [0.15, 0.2) is 6.10 Å². The Morgan fingerprint density at radius 3 is 1.23 bits per heavy atom. The van der Waals surface area contributed by atoms with Crippen LogP contribution in [-0.2, 0) is 28.6 Å². The van der Waals surface area contributed by atoms with Gasteiger partial charge in [-0.15, -0.1) is 0 Å². The fourth-order valence-electron chi connectivity index (χ4n) is 6.39. The van der Waals surface area contributed by atoms with Crippen molar-refractivity contribution >= 4 is 17.9 Å². The number of unbranched alkanes of at least 4 members (excludes halogenated alkanes) is 19. The lowest BCUT2D eigenvalue weighted by Gasteiger charge is -2.18. The van der Waals surface area contributed by atoms with Crippen LogP contribution in [0.1, 0.15) is 207 Å². The number of allylic oxidation sites excluding steroid dienone is 18. The van der Waals surface area contributed by atoms with Gasteiger partial charge in [-0.25, -0.2) is 0 Å². The van der Waals surface area contributed by atoms with E-state index in [1.807, 2.05) is 42.5 Å². The van der Waals surface area contributed by atoms with Gasteiger partial charge < -0.3 is 14.2 Å². The molecule has 0 spiro atoms. The van der Waals surface area contributed by atoms with Crippen molar-refractivity contribution in [2.75, 3.05) is 13.2 Å². The van der Waals surface area contributed by atoms with Crippen LogP contribution < -0.4 is 0 Å². The third-order valence-corrected chi connectivity index (χ3v) is 10.2. The first kappa shape index (κ1) is 58.1. The molecule has 350 valence electrons. The van der Waals surface area contributed by atoms with Crippen LogP contribution in [0.3, 0.4) is 0 Å². The Labute approximate surface area is 380 Å². The fourth-order valence-corrected chi connectivity index (χ4v) is 6.39. The number of hydrogen-bond acceptors (Lipinski definition) is 6. The average molecular weight is 859 g/mol. The Morgan fingerprint density at radius 2 is 0.726 bits per heavy atom. The van der Waals surface area contributed by atoms with Crippen molar-refractivity contribution in [1.29, 1.82) is 0 Å². The van der Waals surface area contributed by atoms with Crippen LogP contribution in [0, 0.1) is 0 Å². The van der Waals surface area contributed by atoms with E-state index in [9.17, 15) is 14.4 Å². The molecule has 0 aromatic heterocycles. The molecule has 0 rings (SSSR count). The molecule has 0 radical (unpaired) electrons. The van der Waals surface area contributed by atoms with Gasteiger partial charge in [0, 0.05) is 19.3 Å². The van der Waals surface area contributed by atoms with Crippen LogP contribution >= 0.6 is 0 Å². The molecule has 62 heavy (non-hydrogen) atoms. The first-order valence-electron chi connectivity index (χ1n) is 25.0. The van der Waals surface area contributed by atoms with Crippen molar-refractivity contribution in [1.82, 2.24) is 0 Å². The minimum absolute atomic E-state index is 0.124. The minimum atomic E-state index is -0.830. The maximum absolute atomic E-state index is 12.7. The molecule has 0 N–H and O–H groups in total. The number of esters is 3. The lowest BCUT2D eigenvalue weighted by atomic mass is 10.1. The van der Waals surface area contributed by atoms with E-state index in [2.05, 4.69) is 87.6 Å². The Bertz CT molecular complexity index is 1310. The molecule has 6 nitrogen and oxygen atoms in total. The van der Waals surface area contributed by atoms with Gasteiger partial charge >= 0.3 is 17.9 Å². The standard InChI is InChI=1S/C56H90O6/c1-4-7-10-13-16-19-22-25-26-27-28-29-32-34-37-40-43-46-49-55(58)61-52-53(62-56(59)50-47-44-41-38-35-31-24-21-18-15-12-9-6-3)51-60-54(57)48-45-42-39-36-33-30-23-20-17-14-11-8-5-2/h9,12,15,18,21-22,24-31,33,35,39,42,53H,4-8,10-11,13-14,16-17,19-20,23,32,34,36-38,40-41,43-52H2,1-3H3/b12-9-,18-15-,24-21-,25-22-,27-26-,29-28-,33-30-,35-31-,42-39-. The van der Waals surface area contributed by atoms with Crippen molar-refractivity contribution in [2.24, 2.45) is 0 Å². The van der Waals surface area contributed by atoms with Gasteiger partial charge in [0.2, 0.25) is 0 Å². The highest BCUT2D eigenvalue weighted by Gasteiger charge is 2.19. The quantitative estimate of drug-likeness (QED) is 0.0200. The molecule has 0 saturated heterocycles. The van der Waals surface area contributed by atoms with E-state index in [0.29, 0.717) is 19.3 Å². The molecule has 0 fully saturated rings. The number of hydrogen-bond donors (Lipinski definition) is 0. The van der Waals surface area contributed by atoms with Crippen LogP contribution in [0.4, 0.5) is 0 Å². The van der Waals surface area contributed by atoms with Crippen LogP contribution in [0.5, 0.6) is 0 Å².